The van der Waals surface area contributed by atoms with Crippen LogP contribution in [0.3, 0.4) is 0 Å². The molecule has 13 N–H and O–H groups in total. The molecule has 350 valence electrons. The molecule has 2 aromatic rings. The van der Waals surface area contributed by atoms with Crippen molar-refractivity contribution >= 4 is 59.2 Å². The van der Waals surface area contributed by atoms with Crippen molar-refractivity contribution in [3.63, 3.8) is 0 Å². The third kappa shape index (κ3) is 18.9. The summed E-state index contributed by atoms with van der Waals surface area (Å²) in [5, 5.41) is 54.9. The van der Waals surface area contributed by atoms with Crippen molar-refractivity contribution in [2.24, 2.45) is 11.7 Å². The van der Waals surface area contributed by atoms with Crippen molar-refractivity contribution in [1.29, 1.82) is 0 Å². The number of carboxylic acids is 2. The molecule has 64 heavy (non-hydrogen) atoms. The van der Waals surface area contributed by atoms with Gasteiger partial charge in [0.2, 0.25) is 41.4 Å². The fourth-order valence-corrected chi connectivity index (χ4v) is 6.05. The first-order chi connectivity index (χ1) is 30.1. The number of aliphatic carboxylic acids is 2. The van der Waals surface area contributed by atoms with Crippen LogP contribution in [0.5, 0.6) is 5.75 Å². The smallest absolute Gasteiger partial charge is 0.303 e. The maximum Gasteiger partial charge on any atom is 0.303 e. The standard InChI is InChI=1S/C42H58N8O14/c1-22(2)19-31(41(63)48-30(14-11-25-9-12-26(52)13-10-25)40(62)47-28(36(43)58)15-17-34(54)55)49-42(64)32(21-51)50-39(61)29(16-18-35(56)57)46-33(53)20-44-37(59)24(4)45-38(60)27-8-6-5-7-23(27)3/h5-10,12-13,22,24,28-32,51-52H,11,14-21H2,1-4H3,(H2,43,58)(H,44,59)(H,45,60)(H,46,53)(H,47,62)(H,48,63)(H,49,64)(H,50,61)(H,54,55)(H,56,57)/t24-,28-,29-,30-,31-,32-/m0/s1. The number of benzene rings is 2. The maximum atomic E-state index is 13.8. The molecule has 8 amide bonds. The highest BCUT2D eigenvalue weighted by atomic mass is 16.4. The molecular weight excluding hydrogens is 841 g/mol. The summed E-state index contributed by atoms with van der Waals surface area (Å²) in [7, 11) is 0. The number of aliphatic hydroxyl groups excluding tert-OH is 1. The molecule has 0 fully saturated rings. The number of phenolic OH excluding ortho intramolecular Hbond substituents is 1. The summed E-state index contributed by atoms with van der Waals surface area (Å²) >= 11 is 0. The zero-order valence-corrected chi connectivity index (χ0v) is 36.0. The average molecular weight is 899 g/mol. The number of nitrogens with one attached hydrogen (secondary N) is 7. The molecule has 0 aliphatic carbocycles. The first-order valence-corrected chi connectivity index (χ1v) is 20.4. The zero-order valence-electron chi connectivity index (χ0n) is 36.0. The fourth-order valence-electron chi connectivity index (χ4n) is 6.05. The van der Waals surface area contributed by atoms with Gasteiger partial charge in [0.25, 0.3) is 5.91 Å². The fraction of sp³-hybridized carbons (Fsp3) is 0.476. The van der Waals surface area contributed by atoms with Crippen LogP contribution >= 0.6 is 0 Å². The van der Waals surface area contributed by atoms with Gasteiger partial charge in [-0.1, -0.05) is 44.2 Å². The topological polar surface area (TPSA) is 362 Å². The minimum absolute atomic E-state index is 0.0198. The highest BCUT2D eigenvalue weighted by Crippen LogP contribution is 2.14. The molecule has 6 atom stereocenters. The van der Waals surface area contributed by atoms with E-state index in [0.717, 1.165) is 0 Å². The summed E-state index contributed by atoms with van der Waals surface area (Å²) in [6.07, 6.45) is -1.92. The normalized spacial score (nSPS) is 13.7. The van der Waals surface area contributed by atoms with Crippen LogP contribution in [-0.4, -0.2) is 129 Å². The van der Waals surface area contributed by atoms with Gasteiger partial charge in [0, 0.05) is 18.4 Å². The molecule has 0 aliphatic heterocycles. The lowest BCUT2D eigenvalue weighted by molar-refractivity contribution is -0.139. The molecule has 22 heteroatoms. The SMILES string of the molecule is Cc1ccccc1C(=O)N[C@@H](C)C(=O)NCC(=O)N[C@@H](CCC(=O)O)C(=O)N[C@@H](CO)C(=O)N[C@@H](CC(C)C)C(=O)N[C@@H](CCc1ccc(O)cc1)C(=O)N[C@@H](CCC(=O)O)C(N)=O. The minimum Gasteiger partial charge on any atom is -0.508 e. The van der Waals surface area contributed by atoms with Gasteiger partial charge in [-0.3, -0.25) is 47.9 Å². The first kappa shape index (κ1) is 53.0. The van der Waals surface area contributed by atoms with Crippen molar-refractivity contribution in [2.75, 3.05) is 13.2 Å². The predicted molar refractivity (Wildman–Crippen MR) is 227 cm³/mol. The molecule has 0 aliphatic rings. The van der Waals surface area contributed by atoms with E-state index in [-0.39, 0.29) is 37.4 Å². The van der Waals surface area contributed by atoms with Crippen molar-refractivity contribution in [1.82, 2.24) is 37.2 Å². The Morgan fingerprint density at radius 1 is 0.609 bits per heavy atom. The Morgan fingerprint density at radius 2 is 1.11 bits per heavy atom. The molecule has 0 saturated heterocycles. The highest BCUT2D eigenvalue weighted by molar-refractivity contribution is 5.99. The summed E-state index contributed by atoms with van der Waals surface area (Å²) in [4.78, 5) is 127. The Labute approximate surface area is 368 Å². The second-order valence-electron chi connectivity index (χ2n) is 15.4. The molecule has 2 aromatic carbocycles. The molecule has 0 unspecified atom stereocenters. The zero-order chi connectivity index (χ0) is 48.1. The number of phenols is 1. The Balaban J connectivity index is 2.19. The number of hydrogen-bond acceptors (Lipinski definition) is 12. The van der Waals surface area contributed by atoms with Crippen LogP contribution < -0.4 is 43.0 Å². The van der Waals surface area contributed by atoms with Crippen LogP contribution in [0.15, 0.2) is 48.5 Å². The average Bonchev–Trinajstić information content (AvgIpc) is 3.23. The van der Waals surface area contributed by atoms with E-state index in [2.05, 4.69) is 37.2 Å². The van der Waals surface area contributed by atoms with E-state index in [4.69, 9.17) is 10.8 Å². The molecular formula is C42H58N8O14. The third-order valence-corrected chi connectivity index (χ3v) is 9.61. The molecule has 0 heterocycles. The molecule has 0 radical (unpaired) electrons. The van der Waals surface area contributed by atoms with E-state index in [1.165, 1.54) is 19.1 Å². The summed E-state index contributed by atoms with van der Waals surface area (Å²) in [6.45, 7) is 4.79. The highest BCUT2D eigenvalue weighted by Gasteiger charge is 2.33. The van der Waals surface area contributed by atoms with Gasteiger partial charge in [0.15, 0.2) is 0 Å². The van der Waals surface area contributed by atoms with E-state index in [1.54, 1.807) is 57.2 Å². The Bertz CT molecular complexity index is 1990. The van der Waals surface area contributed by atoms with E-state index < -0.39 is 128 Å². The number of rotatable bonds is 27. The summed E-state index contributed by atoms with van der Waals surface area (Å²) in [5.74, 6) is -10.1. The van der Waals surface area contributed by atoms with Gasteiger partial charge in [-0.25, -0.2) is 0 Å². The van der Waals surface area contributed by atoms with E-state index >= 15 is 0 Å². The third-order valence-electron chi connectivity index (χ3n) is 9.61. The van der Waals surface area contributed by atoms with E-state index in [1.807, 2.05) is 0 Å². The number of nitrogens with two attached hydrogens (primary N) is 1. The van der Waals surface area contributed by atoms with Gasteiger partial charge in [0.1, 0.15) is 42.0 Å². The van der Waals surface area contributed by atoms with E-state index in [9.17, 15) is 63.3 Å². The number of aromatic hydroxyl groups is 1. The number of aliphatic hydroxyl groups is 1. The minimum atomic E-state index is -1.75. The predicted octanol–water partition coefficient (Wildman–Crippen LogP) is -1.75. The lowest BCUT2D eigenvalue weighted by atomic mass is 10.00. The van der Waals surface area contributed by atoms with Gasteiger partial charge in [-0.2, -0.15) is 0 Å². The molecule has 0 aromatic heterocycles. The number of carbonyl (C=O) groups is 10. The second-order valence-corrected chi connectivity index (χ2v) is 15.4. The number of hydrogen-bond donors (Lipinski definition) is 12. The largest absolute Gasteiger partial charge is 0.508 e. The number of primary amides is 1. The number of carboxylic acid groups (broad SMARTS) is 2. The molecule has 2 rings (SSSR count). The lowest BCUT2D eigenvalue weighted by Crippen LogP contribution is -2.60. The van der Waals surface area contributed by atoms with Crippen molar-refractivity contribution in [3.8, 4) is 5.75 Å². The van der Waals surface area contributed by atoms with Gasteiger partial charge < -0.3 is 63.4 Å². The summed E-state index contributed by atoms with van der Waals surface area (Å²) in [6, 6.07) is 4.01. The monoisotopic (exact) mass is 898 g/mol. The van der Waals surface area contributed by atoms with Gasteiger partial charge in [0.05, 0.1) is 13.2 Å². The van der Waals surface area contributed by atoms with Crippen LogP contribution in [0.4, 0.5) is 0 Å². The van der Waals surface area contributed by atoms with E-state index in [0.29, 0.717) is 16.7 Å². The quantitative estimate of drug-likeness (QED) is 0.0473. The van der Waals surface area contributed by atoms with Crippen LogP contribution in [0.25, 0.3) is 0 Å². The van der Waals surface area contributed by atoms with Crippen molar-refractivity contribution < 1.29 is 68.4 Å². The summed E-state index contributed by atoms with van der Waals surface area (Å²) in [5.41, 5.74) is 7.04. The number of carbonyl (C=O) groups excluding carboxylic acids is 8. The molecule has 0 saturated carbocycles. The molecule has 0 spiro atoms. The van der Waals surface area contributed by atoms with Crippen molar-refractivity contribution in [3.05, 3.63) is 65.2 Å². The van der Waals surface area contributed by atoms with Gasteiger partial charge >= 0.3 is 11.9 Å². The number of amides is 8. The van der Waals surface area contributed by atoms with Crippen LogP contribution in [0.2, 0.25) is 0 Å². The van der Waals surface area contributed by atoms with Gasteiger partial charge in [-0.05, 0) is 81.2 Å². The van der Waals surface area contributed by atoms with Crippen molar-refractivity contribution in [2.45, 2.75) is 109 Å². The maximum absolute atomic E-state index is 13.8. The van der Waals surface area contributed by atoms with Crippen LogP contribution in [0.1, 0.15) is 80.8 Å². The second kappa shape index (κ2) is 26.4. The Kier molecular flexibility index (Phi) is 21.9. The van der Waals surface area contributed by atoms with Crippen LogP contribution in [0, 0.1) is 12.8 Å². The molecule has 0 bridgehead atoms. The Morgan fingerprint density at radius 3 is 1.66 bits per heavy atom. The Hall–Kier alpha value is -7.10. The molecule has 22 nitrogen and oxygen atoms in total. The first-order valence-electron chi connectivity index (χ1n) is 20.4. The summed E-state index contributed by atoms with van der Waals surface area (Å²) < 4.78 is 0. The lowest BCUT2D eigenvalue weighted by Gasteiger charge is -2.27. The van der Waals surface area contributed by atoms with Crippen LogP contribution in [-0.2, 0) is 49.6 Å². The number of aryl methyl sites for hydroxylation is 2. The van der Waals surface area contributed by atoms with Gasteiger partial charge in [-0.15, -0.1) is 0 Å².